The van der Waals surface area contributed by atoms with Gasteiger partial charge in [0.25, 0.3) is 0 Å². The first-order chi connectivity index (χ1) is 6.26. The molecule has 0 aromatic rings. The van der Waals surface area contributed by atoms with E-state index < -0.39 is 0 Å². The first-order valence-corrected chi connectivity index (χ1v) is 7.20. The molecule has 2 nitrogen and oxygen atoms in total. The number of ether oxygens (including phenoxy) is 1. The Labute approximate surface area is 93.5 Å². The van der Waals surface area contributed by atoms with Crippen molar-refractivity contribution in [2.75, 3.05) is 37.0 Å². The van der Waals surface area contributed by atoms with E-state index in [1.165, 1.54) is 12.3 Å². The van der Waals surface area contributed by atoms with Crippen molar-refractivity contribution < 1.29 is 4.74 Å². The largest absolute Gasteiger partial charge is 0.372 e. The van der Waals surface area contributed by atoms with Crippen LogP contribution >= 0.6 is 27.7 Å². The monoisotopic (exact) mass is 267 g/mol. The van der Waals surface area contributed by atoms with Crippen LogP contribution in [-0.2, 0) is 4.74 Å². The SMILES string of the molecule is CSCCN1CC(C)OC(CBr)C1. The molecule has 2 atom stereocenters. The molecule has 4 heteroatoms. The van der Waals surface area contributed by atoms with Crippen molar-refractivity contribution in [3.63, 3.8) is 0 Å². The Hall–Kier alpha value is 0.750. The van der Waals surface area contributed by atoms with E-state index in [0.717, 1.165) is 18.4 Å². The van der Waals surface area contributed by atoms with Crippen molar-refractivity contribution in [1.29, 1.82) is 0 Å². The molecule has 1 aliphatic heterocycles. The van der Waals surface area contributed by atoms with Gasteiger partial charge in [0.2, 0.25) is 0 Å². The fourth-order valence-corrected chi connectivity index (χ4v) is 2.43. The van der Waals surface area contributed by atoms with Gasteiger partial charge in [0.15, 0.2) is 0 Å². The number of halogens is 1. The molecule has 0 N–H and O–H groups in total. The summed E-state index contributed by atoms with van der Waals surface area (Å²) in [6.45, 7) is 5.51. The Bertz CT molecular complexity index is 148. The third-order valence-electron chi connectivity index (χ3n) is 2.19. The van der Waals surface area contributed by atoms with Crippen molar-refractivity contribution in [3.05, 3.63) is 0 Å². The molecule has 2 unspecified atom stereocenters. The smallest absolute Gasteiger partial charge is 0.0802 e. The summed E-state index contributed by atoms with van der Waals surface area (Å²) in [6.07, 6.45) is 2.93. The van der Waals surface area contributed by atoms with Crippen molar-refractivity contribution in [1.82, 2.24) is 4.90 Å². The lowest BCUT2D eigenvalue weighted by Crippen LogP contribution is -2.47. The van der Waals surface area contributed by atoms with E-state index in [4.69, 9.17) is 4.74 Å². The maximum absolute atomic E-state index is 5.75. The van der Waals surface area contributed by atoms with Crippen LogP contribution in [0.25, 0.3) is 0 Å². The summed E-state index contributed by atoms with van der Waals surface area (Å²) >= 11 is 5.39. The van der Waals surface area contributed by atoms with Crippen molar-refractivity contribution in [3.8, 4) is 0 Å². The van der Waals surface area contributed by atoms with Gasteiger partial charge in [0.1, 0.15) is 0 Å². The summed E-state index contributed by atoms with van der Waals surface area (Å²) < 4.78 is 5.75. The minimum Gasteiger partial charge on any atom is -0.372 e. The molecular formula is C9H18BrNOS. The van der Waals surface area contributed by atoms with Crippen molar-refractivity contribution in [2.24, 2.45) is 0 Å². The highest BCUT2D eigenvalue weighted by Gasteiger charge is 2.23. The molecule has 1 aliphatic rings. The Morgan fingerprint density at radius 1 is 1.54 bits per heavy atom. The maximum Gasteiger partial charge on any atom is 0.0802 e. The zero-order valence-electron chi connectivity index (χ0n) is 8.33. The minimum absolute atomic E-state index is 0.380. The molecule has 1 rings (SSSR count). The van der Waals surface area contributed by atoms with Crippen LogP contribution in [0.1, 0.15) is 6.92 Å². The Balaban J connectivity index is 2.29. The van der Waals surface area contributed by atoms with Gasteiger partial charge in [-0.3, -0.25) is 4.90 Å². The highest BCUT2D eigenvalue weighted by molar-refractivity contribution is 9.09. The third-order valence-corrected chi connectivity index (χ3v) is 3.50. The lowest BCUT2D eigenvalue weighted by atomic mass is 10.2. The van der Waals surface area contributed by atoms with Crippen LogP contribution in [-0.4, -0.2) is 54.1 Å². The third kappa shape index (κ3) is 4.19. The molecule has 13 heavy (non-hydrogen) atoms. The van der Waals surface area contributed by atoms with E-state index in [-0.39, 0.29) is 0 Å². The lowest BCUT2D eigenvalue weighted by molar-refractivity contribution is -0.0633. The number of nitrogens with zero attached hydrogens (tertiary/aromatic N) is 1. The van der Waals surface area contributed by atoms with Crippen LogP contribution in [0.5, 0.6) is 0 Å². The van der Waals surface area contributed by atoms with Crippen LogP contribution < -0.4 is 0 Å². The maximum atomic E-state index is 5.75. The second-order valence-electron chi connectivity index (χ2n) is 3.48. The quantitative estimate of drug-likeness (QED) is 0.722. The van der Waals surface area contributed by atoms with E-state index >= 15 is 0 Å². The summed E-state index contributed by atoms with van der Waals surface area (Å²) in [6, 6.07) is 0. The molecule has 0 saturated carbocycles. The van der Waals surface area contributed by atoms with Crippen LogP contribution in [0, 0.1) is 0 Å². The number of morpholine rings is 1. The number of hydrogen-bond acceptors (Lipinski definition) is 3. The molecule has 1 fully saturated rings. The van der Waals surface area contributed by atoms with Gasteiger partial charge in [-0.15, -0.1) is 0 Å². The van der Waals surface area contributed by atoms with Gasteiger partial charge in [-0.05, 0) is 13.2 Å². The van der Waals surface area contributed by atoms with Gasteiger partial charge in [-0.2, -0.15) is 11.8 Å². The fourth-order valence-electron chi connectivity index (χ4n) is 1.63. The average molecular weight is 268 g/mol. The van der Waals surface area contributed by atoms with Gasteiger partial charge < -0.3 is 4.74 Å². The zero-order valence-corrected chi connectivity index (χ0v) is 10.7. The summed E-state index contributed by atoms with van der Waals surface area (Å²) in [4.78, 5) is 2.50. The summed E-state index contributed by atoms with van der Waals surface area (Å²) in [5, 5.41) is 0.951. The van der Waals surface area contributed by atoms with E-state index in [1.54, 1.807) is 0 Å². The molecule has 1 saturated heterocycles. The summed E-state index contributed by atoms with van der Waals surface area (Å²) in [5.74, 6) is 1.22. The number of alkyl halides is 1. The number of thioether (sulfide) groups is 1. The number of hydrogen-bond donors (Lipinski definition) is 0. The van der Waals surface area contributed by atoms with Gasteiger partial charge in [-0.1, -0.05) is 15.9 Å². The number of rotatable bonds is 4. The van der Waals surface area contributed by atoms with Crippen molar-refractivity contribution in [2.45, 2.75) is 19.1 Å². The fraction of sp³-hybridized carbons (Fsp3) is 1.00. The Morgan fingerprint density at radius 2 is 2.31 bits per heavy atom. The van der Waals surface area contributed by atoms with Gasteiger partial charge >= 0.3 is 0 Å². The van der Waals surface area contributed by atoms with Crippen LogP contribution in [0.15, 0.2) is 0 Å². The highest BCUT2D eigenvalue weighted by atomic mass is 79.9. The lowest BCUT2D eigenvalue weighted by Gasteiger charge is -2.36. The van der Waals surface area contributed by atoms with E-state index in [2.05, 4.69) is 34.0 Å². The van der Waals surface area contributed by atoms with Crippen LogP contribution in [0.4, 0.5) is 0 Å². The summed E-state index contributed by atoms with van der Waals surface area (Å²) in [5.41, 5.74) is 0. The molecule has 0 bridgehead atoms. The highest BCUT2D eigenvalue weighted by Crippen LogP contribution is 2.13. The normalized spacial score (nSPS) is 30.7. The van der Waals surface area contributed by atoms with E-state index in [9.17, 15) is 0 Å². The topological polar surface area (TPSA) is 12.5 Å². The predicted octanol–water partition coefficient (Wildman–Crippen LogP) is 1.83. The Morgan fingerprint density at radius 3 is 2.92 bits per heavy atom. The van der Waals surface area contributed by atoms with Crippen molar-refractivity contribution >= 4 is 27.7 Å². The molecule has 0 spiro atoms. The predicted molar refractivity (Wildman–Crippen MR) is 63.0 cm³/mol. The van der Waals surface area contributed by atoms with Gasteiger partial charge in [-0.25, -0.2) is 0 Å². The zero-order chi connectivity index (χ0) is 9.68. The van der Waals surface area contributed by atoms with Gasteiger partial charge in [0, 0.05) is 30.7 Å². The van der Waals surface area contributed by atoms with Gasteiger partial charge in [0.05, 0.1) is 12.2 Å². The average Bonchev–Trinajstić information content (AvgIpc) is 2.14. The second-order valence-corrected chi connectivity index (χ2v) is 5.11. The molecule has 0 aromatic carbocycles. The minimum atomic E-state index is 0.380. The first-order valence-electron chi connectivity index (χ1n) is 4.69. The van der Waals surface area contributed by atoms with Crippen LogP contribution in [0.3, 0.4) is 0 Å². The first kappa shape index (κ1) is 11.8. The summed E-state index contributed by atoms with van der Waals surface area (Å²) in [7, 11) is 0. The molecule has 0 aliphatic carbocycles. The molecule has 0 amide bonds. The standard InChI is InChI=1S/C9H18BrNOS/c1-8-6-11(3-4-13-2)7-9(5-10)12-8/h8-9H,3-7H2,1-2H3. The van der Waals surface area contributed by atoms with E-state index in [0.29, 0.717) is 12.2 Å². The molecular weight excluding hydrogens is 250 g/mol. The Kier molecular flexibility index (Phi) is 5.71. The van der Waals surface area contributed by atoms with Crippen LogP contribution in [0.2, 0.25) is 0 Å². The van der Waals surface area contributed by atoms with E-state index in [1.807, 2.05) is 11.8 Å². The second kappa shape index (κ2) is 6.27. The molecule has 78 valence electrons. The molecule has 1 heterocycles. The molecule has 0 aromatic heterocycles. The molecule has 0 radical (unpaired) electrons.